The molecule has 0 spiro atoms. The van der Waals surface area contributed by atoms with E-state index in [0.717, 1.165) is 114 Å². The van der Waals surface area contributed by atoms with Crippen LogP contribution in [0.25, 0.3) is 66.7 Å². The van der Waals surface area contributed by atoms with E-state index in [1.165, 1.54) is 0 Å². The van der Waals surface area contributed by atoms with Crippen molar-refractivity contribution >= 4 is 33.4 Å². The van der Waals surface area contributed by atoms with Gasteiger partial charge in [-0.1, -0.05) is 190 Å². The molecule has 1 unspecified atom stereocenters. The summed E-state index contributed by atoms with van der Waals surface area (Å²) in [4.78, 5) is 15.6. The van der Waals surface area contributed by atoms with Gasteiger partial charge in [0.2, 0.25) is 5.89 Å². The van der Waals surface area contributed by atoms with E-state index in [0.29, 0.717) is 12.4 Å². The predicted molar refractivity (Wildman–Crippen MR) is 264 cm³/mol. The highest BCUT2D eigenvalue weighted by Gasteiger charge is 2.19. The minimum Gasteiger partial charge on any atom is -0.435 e. The summed E-state index contributed by atoms with van der Waals surface area (Å²) in [6.45, 7) is 7.09. The van der Waals surface area contributed by atoms with Crippen LogP contribution in [0.4, 0.5) is 0 Å². The monoisotopic (exact) mass is 815 g/mol. The summed E-state index contributed by atoms with van der Waals surface area (Å²) in [6.07, 6.45) is 2.83. The molecule has 0 saturated heterocycles. The normalized spacial score (nSPS) is 12.3. The average molecular weight is 816 g/mol. The molecule has 306 valence electrons. The lowest BCUT2D eigenvalue weighted by molar-refractivity contribution is 0.623. The van der Waals surface area contributed by atoms with Crippen LogP contribution in [0.3, 0.4) is 0 Å². The van der Waals surface area contributed by atoms with Crippen LogP contribution < -0.4 is 0 Å². The Morgan fingerprint density at radius 2 is 1.29 bits per heavy atom. The van der Waals surface area contributed by atoms with E-state index in [9.17, 15) is 0 Å². The van der Waals surface area contributed by atoms with Crippen LogP contribution >= 0.6 is 0 Å². The van der Waals surface area contributed by atoms with E-state index in [1.54, 1.807) is 0 Å². The molecule has 0 aliphatic carbocycles. The first-order valence-electron chi connectivity index (χ1n) is 22.0. The number of oxazole rings is 1. The summed E-state index contributed by atoms with van der Waals surface area (Å²) in [5.41, 5.74) is 14.4. The number of amidine groups is 1. The van der Waals surface area contributed by atoms with Crippen molar-refractivity contribution in [1.82, 2.24) is 4.98 Å². The first kappa shape index (κ1) is 40.8. The molecule has 0 aliphatic heterocycles. The number of aromatic nitrogens is 1. The number of rotatable bonds is 11. The zero-order valence-electron chi connectivity index (χ0n) is 36.1. The molecule has 4 nitrogen and oxygen atoms in total. The molecule has 1 heterocycles. The highest BCUT2D eigenvalue weighted by atomic mass is 16.3. The summed E-state index contributed by atoms with van der Waals surface area (Å²) >= 11 is 0. The van der Waals surface area contributed by atoms with Gasteiger partial charge < -0.3 is 4.42 Å². The molecule has 9 rings (SSSR count). The average Bonchev–Trinajstić information content (AvgIpc) is 3.80. The zero-order valence-corrected chi connectivity index (χ0v) is 36.1. The number of hydrogen-bond acceptors (Lipinski definition) is 3. The maximum absolute atomic E-state index is 6.61. The summed E-state index contributed by atoms with van der Waals surface area (Å²) in [5, 5.41) is 2.18. The molecule has 4 heteroatoms. The van der Waals surface area contributed by atoms with Gasteiger partial charge in [-0.3, -0.25) is 4.99 Å². The molecule has 0 radical (unpaired) electrons. The van der Waals surface area contributed by atoms with Gasteiger partial charge in [-0.15, -0.1) is 0 Å². The largest absolute Gasteiger partial charge is 0.435 e. The summed E-state index contributed by atoms with van der Waals surface area (Å²) in [7, 11) is 0. The smallest absolute Gasteiger partial charge is 0.227 e. The van der Waals surface area contributed by atoms with E-state index in [2.05, 4.69) is 196 Å². The third kappa shape index (κ3) is 8.92. The van der Waals surface area contributed by atoms with Crippen molar-refractivity contribution in [1.29, 1.82) is 0 Å². The van der Waals surface area contributed by atoms with Crippen LogP contribution in [0.15, 0.2) is 202 Å². The lowest BCUT2D eigenvalue weighted by atomic mass is 9.88. The van der Waals surface area contributed by atoms with Gasteiger partial charge in [-0.2, -0.15) is 0 Å². The maximum Gasteiger partial charge on any atom is 0.227 e. The van der Waals surface area contributed by atoms with Gasteiger partial charge in [0.25, 0.3) is 0 Å². The lowest BCUT2D eigenvalue weighted by Gasteiger charge is -2.16. The van der Waals surface area contributed by atoms with Crippen molar-refractivity contribution in [2.75, 3.05) is 0 Å². The number of benzene rings is 8. The quantitative estimate of drug-likeness (QED) is 0.0742. The Bertz CT molecular complexity index is 3160. The van der Waals surface area contributed by atoms with Crippen LogP contribution in [0, 0.1) is 17.8 Å². The fraction of sp³-hybridized carbons (Fsp3) is 0.136. The molecule has 9 aromatic rings. The first-order chi connectivity index (χ1) is 31.1. The number of unbranched alkanes of at least 4 members (excludes halogenated alkanes) is 1. The third-order valence-corrected chi connectivity index (χ3v) is 11.6. The fourth-order valence-corrected chi connectivity index (χ4v) is 8.15. The second-order valence-electron chi connectivity index (χ2n) is 15.9. The molecular weight excluding hydrogens is 767 g/mol. The van der Waals surface area contributed by atoms with E-state index in [1.807, 2.05) is 24.3 Å². The Hall–Kier alpha value is -7.61. The second kappa shape index (κ2) is 19.0. The molecule has 0 bridgehead atoms. The van der Waals surface area contributed by atoms with Crippen LogP contribution in [0.2, 0.25) is 0 Å². The van der Waals surface area contributed by atoms with Gasteiger partial charge in [0.15, 0.2) is 11.4 Å². The van der Waals surface area contributed by atoms with Crippen LogP contribution in [0.5, 0.6) is 0 Å². The molecule has 0 fully saturated rings. The molecule has 63 heavy (non-hydrogen) atoms. The summed E-state index contributed by atoms with van der Waals surface area (Å²) in [6, 6.07) is 65.7. The Balaban J connectivity index is 1.15. The maximum atomic E-state index is 6.61. The predicted octanol–water partition coefficient (Wildman–Crippen LogP) is 15.3. The lowest BCUT2D eigenvalue weighted by Crippen LogP contribution is -2.15. The van der Waals surface area contributed by atoms with E-state index in [-0.39, 0.29) is 5.92 Å². The highest BCUT2D eigenvalue weighted by molar-refractivity contribution is 6.13. The van der Waals surface area contributed by atoms with E-state index >= 15 is 0 Å². The highest BCUT2D eigenvalue weighted by Crippen LogP contribution is 2.41. The number of nitrogens with zero attached hydrogens (tertiary/aromatic N) is 3. The van der Waals surface area contributed by atoms with Crippen molar-refractivity contribution < 1.29 is 4.42 Å². The minimum atomic E-state index is 0.267. The van der Waals surface area contributed by atoms with Crippen molar-refractivity contribution in [2.24, 2.45) is 15.9 Å². The Kier molecular flexibility index (Phi) is 12.3. The van der Waals surface area contributed by atoms with Gasteiger partial charge in [0.1, 0.15) is 5.52 Å². The topological polar surface area (TPSA) is 50.8 Å². The second-order valence-corrected chi connectivity index (χ2v) is 15.9. The van der Waals surface area contributed by atoms with Crippen molar-refractivity contribution in [3.05, 3.63) is 210 Å². The van der Waals surface area contributed by atoms with Gasteiger partial charge in [-0.25, -0.2) is 9.98 Å². The Morgan fingerprint density at radius 1 is 0.603 bits per heavy atom. The molecule has 8 aromatic carbocycles. The molecule has 1 atom stereocenters. The van der Waals surface area contributed by atoms with Crippen molar-refractivity contribution in [3.63, 3.8) is 0 Å². The molecule has 1 aromatic heterocycles. The van der Waals surface area contributed by atoms with E-state index in [4.69, 9.17) is 19.4 Å². The standard InChI is InChI=1S/C59H49N3O/c1-4-6-9-22-43-23-14-16-30-49(43)54-39-48(50-31-18-19-33-53(50)59-61-55-37-35-44-24-15-17-32-52(44)57(55)63-59)34-36-51(54)47-29-20-21-42(38-47)40-60-58(46-27-12-8-13-28-46)62-56(41(3)5-2)45-25-10-7-11-26-45/h7-8,10-21,23-39,41H,4-6,40H2,1-3H3. The SMILES string of the molecule is CCCC#Cc1ccccc1-c1cc(-c2ccccc2-c2nc3ccc4ccccc4c3o2)ccc1-c1cccc(CN=C(N=C(c2ccccc2)C(C)CC)c2ccccc2)c1. The molecule has 0 saturated carbocycles. The third-order valence-electron chi connectivity index (χ3n) is 11.6. The van der Waals surface area contributed by atoms with Gasteiger partial charge >= 0.3 is 0 Å². The van der Waals surface area contributed by atoms with Crippen LogP contribution in [0.1, 0.15) is 62.3 Å². The van der Waals surface area contributed by atoms with Crippen LogP contribution in [-0.2, 0) is 6.54 Å². The van der Waals surface area contributed by atoms with Crippen molar-refractivity contribution in [3.8, 4) is 56.7 Å². The summed E-state index contributed by atoms with van der Waals surface area (Å²) < 4.78 is 6.61. The number of aliphatic imine (C=N–C) groups is 2. The molecule has 0 amide bonds. The number of hydrogen-bond donors (Lipinski definition) is 0. The number of fused-ring (bicyclic) bond motifs is 3. The molecule has 0 N–H and O–H groups in total. The van der Waals surface area contributed by atoms with Crippen LogP contribution in [-0.4, -0.2) is 16.5 Å². The minimum absolute atomic E-state index is 0.267. The van der Waals surface area contributed by atoms with Crippen molar-refractivity contribution in [2.45, 2.75) is 46.6 Å². The first-order valence-corrected chi connectivity index (χ1v) is 22.0. The van der Waals surface area contributed by atoms with E-state index < -0.39 is 0 Å². The van der Waals surface area contributed by atoms with Gasteiger partial charge in [-0.05, 0) is 99.0 Å². The van der Waals surface area contributed by atoms with Gasteiger partial charge in [0, 0.05) is 28.5 Å². The van der Waals surface area contributed by atoms with Gasteiger partial charge in [0.05, 0.1) is 12.3 Å². The molecular formula is C59H49N3O. The fourth-order valence-electron chi connectivity index (χ4n) is 8.15. The molecule has 0 aliphatic rings. The summed E-state index contributed by atoms with van der Waals surface area (Å²) in [5.74, 6) is 8.52. The Labute approximate surface area is 370 Å². The zero-order chi connectivity index (χ0) is 43.0. The Morgan fingerprint density at radius 3 is 2.08 bits per heavy atom.